The first kappa shape index (κ1) is 25.0. The van der Waals surface area contributed by atoms with Crippen LogP contribution in [0, 0.1) is 6.92 Å². The molecule has 9 heteroatoms. The largest absolute Gasteiger partial charge is 0.491 e. The van der Waals surface area contributed by atoms with Crippen LogP contribution < -0.4 is 21.1 Å². The van der Waals surface area contributed by atoms with Crippen molar-refractivity contribution in [1.82, 2.24) is 10.6 Å². The van der Waals surface area contributed by atoms with Crippen LogP contribution in [0.1, 0.15) is 47.2 Å². The zero-order valence-electron chi connectivity index (χ0n) is 18.0. The molecular formula is C22H31IN4O4. The zero-order chi connectivity index (χ0) is 21.3. The molecule has 1 fully saturated rings. The highest BCUT2D eigenvalue weighted by atomic mass is 127. The SMILES string of the molecule is CCNC(=NCc1ccc(C)cc1OCC1CCCO1)NCc1ccc(C(N)=O)o1.I. The van der Waals surface area contributed by atoms with E-state index in [0.29, 0.717) is 38.0 Å². The van der Waals surface area contributed by atoms with Crippen LogP contribution in [-0.4, -0.2) is 37.7 Å². The first-order chi connectivity index (χ1) is 14.5. The van der Waals surface area contributed by atoms with Crippen LogP contribution in [0.15, 0.2) is 39.7 Å². The van der Waals surface area contributed by atoms with Crippen molar-refractivity contribution in [2.24, 2.45) is 10.7 Å². The quantitative estimate of drug-likeness (QED) is 0.255. The molecule has 0 bridgehead atoms. The van der Waals surface area contributed by atoms with Crippen LogP contribution in [0.3, 0.4) is 0 Å². The number of guanidine groups is 1. The number of hydrogen-bond acceptors (Lipinski definition) is 5. The van der Waals surface area contributed by atoms with Gasteiger partial charge in [0.1, 0.15) is 18.1 Å². The number of amides is 1. The normalized spacial score (nSPS) is 15.9. The van der Waals surface area contributed by atoms with Crippen molar-refractivity contribution in [2.75, 3.05) is 19.8 Å². The molecule has 0 spiro atoms. The number of rotatable bonds is 9. The van der Waals surface area contributed by atoms with Crippen LogP contribution in [0.5, 0.6) is 5.75 Å². The summed E-state index contributed by atoms with van der Waals surface area (Å²) in [6.45, 7) is 6.97. The molecule has 3 rings (SSSR count). The maximum Gasteiger partial charge on any atom is 0.284 e. The molecule has 1 unspecified atom stereocenters. The van der Waals surface area contributed by atoms with E-state index in [1.807, 2.05) is 26.0 Å². The molecule has 2 aromatic rings. The van der Waals surface area contributed by atoms with Crippen molar-refractivity contribution in [3.63, 3.8) is 0 Å². The van der Waals surface area contributed by atoms with Gasteiger partial charge < -0.3 is 30.3 Å². The molecule has 0 saturated carbocycles. The molecule has 31 heavy (non-hydrogen) atoms. The number of halogens is 1. The first-order valence-corrected chi connectivity index (χ1v) is 10.3. The Morgan fingerprint density at radius 1 is 1.29 bits per heavy atom. The number of furan rings is 1. The van der Waals surface area contributed by atoms with Crippen molar-refractivity contribution in [2.45, 2.75) is 45.9 Å². The molecule has 170 valence electrons. The summed E-state index contributed by atoms with van der Waals surface area (Å²) in [7, 11) is 0. The number of nitrogens with one attached hydrogen (secondary N) is 2. The number of carbonyl (C=O) groups is 1. The predicted molar refractivity (Wildman–Crippen MR) is 130 cm³/mol. The first-order valence-electron chi connectivity index (χ1n) is 10.3. The minimum absolute atomic E-state index is 0. The Kier molecular flexibility index (Phi) is 10.1. The predicted octanol–water partition coefficient (Wildman–Crippen LogP) is 3.12. The second-order valence-electron chi connectivity index (χ2n) is 7.24. The maximum absolute atomic E-state index is 11.2. The highest BCUT2D eigenvalue weighted by Crippen LogP contribution is 2.23. The van der Waals surface area contributed by atoms with Crippen LogP contribution in [-0.2, 0) is 17.8 Å². The Labute approximate surface area is 200 Å². The van der Waals surface area contributed by atoms with Gasteiger partial charge in [0.25, 0.3) is 5.91 Å². The van der Waals surface area contributed by atoms with Gasteiger partial charge in [-0.1, -0.05) is 12.1 Å². The molecule has 8 nitrogen and oxygen atoms in total. The summed E-state index contributed by atoms with van der Waals surface area (Å²) < 4.78 is 17.1. The average molecular weight is 542 g/mol. The van der Waals surface area contributed by atoms with Gasteiger partial charge >= 0.3 is 0 Å². The van der Waals surface area contributed by atoms with E-state index in [0.717, 1.165) is 36.3 Å². The summed E-state index contributed by atoms with van der Waals surface area (Å²) in [5.41, 5.74) is 7.36. The highest BCUT2D eigenvalue weighted by molar-refractivity contribution is 14.0. The number of aliphatic imine (C=N–C) groups is 1. The van der Waals surface area contributed by atoms with Crippen molar-refractivity contribution in [3.05, 3.63) is 53.0 Å². The third-order valence-corrected chi connectivity index (χ3v) is 4.76. The number of nitrogens with two attached hydrogens (primary N) is 1. The van der Waals surface area contributed by atoms with E-state index < -0.39 is 5.91 Å². The maximum atomic E-state index is 11.2. The van der Waals surface area contributed by atoms with Crippen LogP contribution in [0.25, 0.3) is 0 Å². The molecule has 1 aliphatic heterocycles. The fraction of sp³-hybridized carbons (Fsp3) is 0.455. The lowest BCUT2D eigenvalue weighted by Crippen LogP contribution is -2.36. The zero-order valence-corrected chi connectivity index (χ0v) is 20.3. The van der Waals surface area contributed by atoms with E-state index in [1.54, 1.807) is 12.1 Å². The van der Waals surface area contributed by atoms with Gasteiger partial charge in [-0.15, -0.1) is 24.0 Å². The van der Waals surface area contributed by atoms with Crippen LogP contribution in [0.2, 0.25) is 0 Å². The van der Waals surface area contributed by atoms with E-state index in [2.05, 4.69) is 21.7 Å². The van der Waals surface area contributed by atoms with Gasteiger partial charge in [0.15, 0.2) is 11.7 Å². The topological polar surface area (TPSA) is 111 Å². The molecule has 4 N–H and O–H groups in total. The Morgan fingerprint density at radius 2 is 2.13 bits per heavy atom. The summed E-state index contributed by atoms with van der Waals surface area (Å²) in [5, 5.41) is 6.40. The van der Waals surface area contributed by atoms with Gasteiger partial charge in [0.2, 0.25) is 0 Å². The summed E-state index contributed by atoms with van der Waals surface area (Å²) in [6.07, 6.45) is 2.30. The lowest BCUT2D eigenvalue weighted by atomic mass is 10.1. The van der Waals surface area contributed by atoms with Gasteiger partial charge in [-0.3, -0.25) is 4.79 Å². The van der Waals surface area contributed by atoms with Crippen molar-refractivity contribution in [3.8, 4) is 5.75 Å². The number of ether oxygens (including phenoxy) is 2. The summed E-state index contributed by atoms with van der Waals surface area (Å²) >= 11 is 0. The molecular weight excluding hydrogens is 511 g/mol. The summed E-state index contributed by atoms with van der Waals surface area (Å²) in [4.78, 5) is 15.8. The van der Waals surface area contributed by atoms with Gasteiger partial charge in [-0.25, -0.2) is 4.99 Å². The minimum atomic E-state index is -0.586. The molecule has 1 aromatic heterocycles. The number of benzene rings is 1. The molecule has 0 radical (unpaired) electrons. The summed E-state index contributed by atoms with van der Waals surface area (Å²) in [5.74, 6) is 1.63. The molecule has 1 aliphatic rings. The van der Waals surface area contributed by atoms with E-state index in [4.69, 9.17) is 19.6 Å². The second-order valence-corrected chi connectivity index (χ2v) is 7.24. The number of aryl methyl sites for hydroxylation is 1. The third-order valence-electron chi connectivity index (χ3n) is 4.76. The Bertz CT molecular complexity index is 878. The second kappa shape index (κ2) is 12.6. The molecule has 0 aliphatic carbocycles. The van der Waals surface area contributed by atoms with Gasteiger partial charge in [-0.2, -0.15) is 0 Å². The monoisotopic (exact) mass is 542 g/mol. The number of nitrogens with zero attached hydrogens (tertiary/aromatic N) is 1. The lowest BCUT2D eigenvalue weighted by molar-refractivity contribution is 0.0676. The smallest absolute Gasteiger partial charge is 0.284 e. The molecule has 1 saturated heterocycles. The molecule has 1 aromatic carbocycles. The lowest BCUT2D eigenvalue weighted by Gasteiger charge is -2.15. The average Bonchev–Trinajstić information content (AvgIpc) is 3.41. The fourth-order valence-electron chi connectivity index (χ4n) is 3.17. The molecule has 2 heterocycles. The fourth-order valence-corrected chi connectivity index (χ4v) is 3.17. The highest BCUT2D eigenvalue weighted by Gasteiger charge is 2.17. The molecule has 1 atom stereocenters. The van der Waals surface area contributed by atoms with E-state index in [-0.39, 0.29) is 35.8 Å². The summed E-state index contributed by atoms with van der Waals surface area (Å²) in [6, 6.07) is 9.41. The van der Waals surface area contributed by atoms with Crippen molar-refractivity contribution in [1.29, 1.82) is 0 Å². The van der Waals surface area contributed by atoms with Gasteiger partial charge in [0.05, 0.1) is 19.2 Å². The number of hydrogen-bond donors (Lipinski definition) is 3. The Morgan fingerprint density at radius 3 is 2.81 bits per heavy atom. The Balaban J connectivity index is 0.00000341. The van der Waals surface area contributed by atoms with E-state index in [1.165, 1.54) is 0 Å². The van der Waals surface area contributed by atoms with E-state index in [9.17, 15) is 4.79 Å². The Hall–Kier alpha value is -2.27. The third kappa shape index (κ3) is 7.73. The van der Waals surface area contributed by atoms with Gasteiger partial charge in [-0.05, 0) is 50.5 Å². The standard InChI is InChI=1S/C22H30N4O4.HI/c1-3-24-22(26-13-17-8-9-19(30-17)21(23)27)25-12-16-7-6-15(2)11-20(16)29-14-18-5-4-10-28-18;/h6-9,11,18H,3-5,10,12-14H2,1-2H3,(H2,23,27)(H2,24,25,26);1H. The number of carbonyl (C=O) groups excluding carboxylic acids is 1. The van der Waals surface area contributed by atoms with Crippen LogP contribution >= 0.6 is 24.0 Å². The van der Waals surface area contributed by atoms with Crippen LogP contribution in [0.4, 0.5) is 0 Å². The van der Waals surface area contributed by atoms with E-state index >= 15 is 0 Å². The van der Waals surface area contributed by atoms with Crippen molar-refractivity contribution >= 4 is 35.8 Å². The van der Waals surface area contributed by atoms with Gasteiger partial charge in [0, 0.05) is 18.7 Å². The minimum Gasteiger partial charge on any atom is -0.491 e. The number of primary amides is 1. The van der Waals surface area contributed by atoms with Crippen molar-refractivity contribution < 1.29 is 18.7 Å². The molecule has 1 amide bonds.